The van der Waals surface area contributed by atoms with E-state index in [9.17, 15) is 0 Å². The van der Waals surface area contributed by atoms with E-state index in [-0.39, 0.29) is 0 Å². The van der Waals surface area contributed by atoms with Crippen molar-refractivity contribution in [1.29, 1.82) is 0 Å². The van der Waals surface area contributed by atoms with Crippen LogP contribution in [0.3, 0.4) is 0 Å². The van der Waals surface area contributed by atoms with Gasteiger partial charge in [-0.05, 0) is 12.1 Å². The first-order valence-corrected chi connectivity index (χ1v) is 3.75. The molecule has 0 atom stereocenters. The zero-order valence-corrected chi connectivity index (χ0v) is 6.24. The molecule has 0 fully saturated rings. The number of rotatable bonds is 0. The summed E-state index contributed by atoms with van der Waals surface area (Å²) in [5, 5.41) is 4.87. The molecule has 0 aliphatic carbocycles. The Kier molecular flexibility index (Phi) is 0.913. The first-order valence-electron chi connectivity index (χ1n) is 3.75. The molecule has 0 saturated heterocycles. The highest BCUT2D eigenvalue weighted by Gasteiger charge is 2.00. The quantitative estimate of drug-likeness (QED) is 0.545. The van der Waals surface area contributed by atoms with E-state index < -0.39 is 0 Å². The van der Waals surface area contributed by atoms with Crippen molar-refractivity contribution in [1.82, 2.24) is 10.1 Å². The van der Waals surface area contributed by atoms with E-state index >= 15 is 0 Å². The molecule has 0 saturated carbocycles. The second kappa shape index (κ2) is 1.88. The smallest absolute Gasteiger partial charge is 0.171 e. The van der Waals surface area contributed by atoms with Crippen molar-refractivity contribution in [3.05, 3.63) is 30.5 Å². The molecule has 0 amide bonds. The van der Waals surface area contributed by atoms with Crippen molar-refractivity contribution < 1.29 is 4.52 Å². The molecule has 1 N–H and O–H groups in total. The highest BCUT2D eigenvalue weighted by atomic mass is 16.5. The topological polar surface area (TPSA) is 41.8 Å². The summed E-state index contributed by atoms with van der Waals surface area (Å²) in [6.45, 7) is 0. The zero-order chi connectivity index (χ0) is 7.97. The van der Waals surface area contributed by atoms with Gasteiger partial charge in [0.15, 0.2) is 5.65 Å². The van der Waals surface area contributed by atoms with Gasteiger partial charge in [-0.25, -0.2) is 10.1 Å². The van der Waals surface area contributed by atoms with E-state index in [1.165, 1.54) is 0 Å². The third kappa shape index (κ3) is 0.625. The number of H-pyrrole nitrogens is 1. The lowest BCUT2D eigenvalue weighted by atomic mass is 10.3. The lowest BCUT2D eigenvalue weighted by molar-refractivity contribution is 0.427. The molecular weight excluding hydrogens is 152 g/mol. The molecule has 3 aromatic rings. The van der Waals surface area contributed by atoms with Crippen LogP contribution in [0.15, 0.2) is 35.1 Å². The molecule has 12 heavy (non-hydrogen) atoms. The Morgan fingerprint density at radius 3 is 3.25 bits per heavy atom. The number of nitrogens with one attached hydrogen (secondary N) is 1. The number of aromatic amines is 1. The van der Waals surface area contributed by atoms with Gasteiger partial charge in [0.05, 0.1) is 10.9 Å². The van der Waals surface area contributed by atoms with Gasteiger partial charge in [0.25, 0.3) is 0 Å². The molecule has 0 radical (unpaired) electrons. The highest BCUT2D eigenvalue weighted by Crippen LogP contribution is 2.18. The summed E-state index contributed by atoms with van der Waals surface area (Å²) in [6, 6.07) is 8.07. The molecule has 0 unspecified atom stereocenters. The van der Waals surface area contributed by atoms with E-state index in [2.05, 4.69) is 16.2 Å². The van der Waals surface area contributed by atoms with E-state index in [0.717, 1.165) is 21.9 Å². The first-order chi connectivity index (χ1) is 5.93. The summed E-state index contributed by atoms with van der Waals surface area (Å²) in [6.07, 6.45) is 1.66. The third-order valence-electron chi connectivity index (χ3n) is 1.98. The van der Waals surface area contributed by atoms with Crippen molar-refractivity contribution in [2.24, 2.45) is 0 Å². The average molecular weight is 158 g/mol. The second-order valence-electron chi connectivity index (χ2n) is 2.76. The van der Waals surface area contributed by atoms with Crippen LogP contribution in [-0.4, -0.2) is 10.1 Å². The molecule has 2 heterocycles. The molecule has 3 rings (SSSR count). The summed E-state index contributed by atoms with van der Waals surface area (Å²) < 4.78 is 4.92. The van der Waals surface area contributed by atoms with Gasteiger partial charge in [-0.15, -0.1) is 0 Å². The van der Waals surface area contributed by atoms with E-state index in [1.54, 1.807) is 6.26 Å². The number of nitrogens with zero attached hydrogens (tertiary/aromatic N) is 1. The summed E-state index contributed by atoms with van der Waals surface area (Å²) in [7, 11) is 0. The van der Waals surface area contributed by atoms with Crippen LogP contribution in [0.4, 0.5) is 0 Å². The fourth-order valence-electron chi connectivity index (χ4n) is 1.39. The monoisotopic (exact) mass is 158 g/mol. The fraction of sp³-hybridized carbons (Fsp3) is 0. The number of aromatic nitrogens is 2. The Morgan fingerprint density at radius 1 is 1.25 bits per heavy atom. The first kappa shape index (κ1) is 5.83. The Labute approximate surface area is 68.0 Å². The molecule has 1 aromatic carbocycles. The molecule has 2 aromatic heterocycles. The van der Waals surface area contributed by atoms with Gasteiger partial charge >= 0.3 is 0 Å². The molecule has 3 heteroatoms. The Balaban J connectivity index is 2.62. The fourth-order valence-corrected chi connectivity index (χ4v) is 1.39. The molecule has 3 nitrogen and oxygen atoms in total. The van der Waals surface area contributed by atoms with Crippen molar-refractivity contribution >= 4 is 21.9 Å². The average Bonchev–Trinajstić information content (AvgIpc) is 2.64. The van der Waals surface area contributed by atoms with Gasteiger partial charge in [-0.2, -0.15) is 0 Å². The third-order valence-corrected chi connectivity index (χ3v) is 1.98. The highest BCUT2D eigenvalue weighted by molar-refractivity contribution is 5.91. The normalized spacial score (nSPS) is 11.3. The minimum absolute atomic E-state index is 0.800. The largest absolute Gasteiger partial charge is 0.388 e. The lowest BCUT2D eigenvalue weighted by Crippen LogP contribution is -1.75. The Morgan fingerprint density at radius 2 is 2.25 bits per heavy atom. The van der Waals surface area contributed by atoms with Crippen LogP contribution in [0.2, 0.25) is 0 Å². The Bertz CT molecular complexity index is 444. The van der Waals surface area contributed by atoms with E-state index in [1.807, 2.05) is 18.2 Å². The van der Waals surface area contributed by atoms with Crippen LogP contribution in [-0.2, 0) is 0 Å². The standard InChI is InChI=1S/C9H6N2O/c1-2-6-4-7-5-12-11-9(7)10-8(6)3-1/h1-5H,(H,10,11). The molecule has 58 valence electrons. The number of hydrogen-bond donors (Lipinski definition) is 1. The molecule has 0 aliphatic heterocycles. The van der Waals surface area contributed by atoms with Gasteiger partial charge in [-0.1, -0.05) is 12.1 Å². The molecule has 0 aliphatic rings. The minimum Gasteiger partial charge on any atom is -0.388 e. The van der Waals surface area contributed by atoms with Crippen molar-refractivity contribution in [2.45, 2.75) is 0 Å². The molecule has 0 spiro atoms. The number of hydrogen-bond acceptors (Lipinski definition) is 2. The van der Waals surface area contributed by atoms with Crippen LogP contribution in [0.25, 0.3) is 21.9 Å². The lowest BCUT2D eigenvalue weighted by Gasteiger charge is -1.88. The van der Waals surface area contributed by atoms with E-state index in [0.29, 0.717) is 0 Å². The maximum Gasteiger partial charge on any atom is 0.171 e. The van der Waals surface area contributed by atoms with Crippen molar-refractivity contribution in [3.8, 4) is 0 Å². The van der Waals surface area contributed by atoms with Crippen molar-refractivity contribution in [2.75, 3.05) is 0 Å². The van der Waals surface area contributed by atoms with Gasteiger partial charge in [0.2, 0.25) is 0 Å². The second-order valence-corrected chi connectivity index (χ2v) is 2.76. The van der Waals surface area contributed by atoms with Crippen LogP contribution in [0.5, 0.6) is 0 Å². The van der Waals surface area contributed by atoms with Crippen LogP contribution in [0.1, 0.15) is 0 Å². The summed E-state index contributed by atoms with van der Waals surface area (Å²) in [5.41, 5.74) is 1.80. The minimum atomic E-state index is 0.800. The van der Waals surface area contributed by atoms with Crippen LogP contribution in [0, 0.1) is 0 Å². The van der Waals surface area contributed by atoms with Gasteiger partial charge < -0.3 is 4.52 Å². The van der Waals surface area contributed by atoms with E-state index in [4.69, 9.17) is 4.52 Å². The number of pyridine rings is 1. The predicted molar refractivity (Wildman–Crippen MR) is 45.9 cm³/mol. The summed E-state index contributed by atoms with van der Waals surface area (Å²) in [4.78, 5) is 4.35. The zero-order valence-electron chi connectivity index (χ0n) is 6.24. The summed E-state index contributed by atoms with van der Waals surface area (Å²) >= 11 is 0. The van der Waals surface area contributed by atoms with Gasteiger partial charge in [0.1, 0.15) is 6.26 Å². The maximum absolute atomic E-state index is 4.92. The molecule has 0 bridgehead atoms. The summed E-state index contributed by atoms with van der Waals surface area (Å²) in [5.74, 6) is 0. The SMILES string of the molecule is c1cc2cc3co[nH]c3nc2c1. The maximum atomic E-state index is 4.92. The predicted octanol–water partition coefficient (Wildman–Crippen LogP) is 2.31. The van der Waals surface area contributed by atoms with Crippen LogP contribution < -0.4 is 0 Å². The van der Waals surface area contributed by atoms with Gasteiger partial charge in [-0.3, -0.25) is 0 Å². The number of fused-ring (bicyclic) bond motifs is 2. The van der Waals surface area contributed by atoms with Gasteiger partial charge in [0, 0.05) is 5.39 Å². The Hall–Kier alpha value is -1.77. The van der Waals surface area contributed by atoms with Crippen molar-refractivity contribution in [3.63, 3.8) is 0 Å². The van der Waals surface area contributed by atoms with Crippen LogP contribution >= 0.6 is 0 Å². The molecular formula is C9H6N2O.